The molecule has 0 aromatic carbocycles. The molecule has 1 aliphatic rings. The van der Waals surface area contributed by atoms with E-state index < -0.39 is 5.60 Å². The van der Waals surface area contributed by atoms with Gasteiger partial charge in [0.2, 0.25) is 0 Å². The summed E-state index contributed by atoms with van der Waals surface area (Å²) < 4.78 is 1.48. The standard InChI is InChI=1S/C12H15N5O2S/c1-12(19)4-2-5-16(7-12)11(18)10-9(3-6-20-10)17-8-13-14-15-17/h3,6,8,19H,2,4-5,7H2,1H3. The first-order valence-electron chi connectivity index (χ1n) is 6.39. The number of β-amino-alcohol motifs (C(OH)–C–C–N with tert-alkyl or cyclic N) is 1. The summed E-state index contributed by atoms with van der Waals surface area (Å²) in [5.74, 6) is -0.0783. The van der Waals surface area contributed by atoms with Gasteiger partial charge < -0.3 is 10.0 Å². The molecule has 0 saturated carbocycles. The molecule has 2 aromatic rings. The molecule has 1 atom stereocenters. The van der Waals surface area contributed by atoms with Crippen molar-refractivity contribution in [1.29, 1.82) is 0 Å². The molecule has 0 aliphatic carbocycles. The van der Waals surface area contributed by atoms with E-state index in [-0.39, 0.29) is 5.91 Å². The number of hydrogen-bond donors (Lipinski definition) is 1. The van der Waals surface area contributed by atoms with E-state index in [0.717, 1.165) is 12.8 Å². The van der Waals surface area contributed by atoms with Gasteiger partial charge in [0.1, 0.15) is 11.2 Å². The van der Waals surface area contributed by atoms with Gasteiger partial charge in [0.15, 0.2) is 0 Å². The van der Waals surface area contributed by atoms with Crippen molar-refractivity contribution in [3.63, 3.8) is 0 Å². The Balaban J connectivity index is 1.87. The highest BCUT2D eigenvalue weighted by atomic mass is 32.1. The summed E-state index contributed by atoms with van der Waals surface area (Å²) in [5, 5.41) is 22.9. The fraction of sp³-hybridized carbons (Fsp3) is 0.500. The molecule has 1 fully saturated rings. The Bertz CT molecular complexity index is 607. The van der Waals surface area contributed by atoms with Crippen molar-refractivity contribution < 1.29 is 9.90 Å². The zero-order valence-corrected chi connectivity index (χ0v) is 11.9. The minimum atomic E-state index is -0.805. The molecule has 1 N–H and O–H groups in total. The minimum absolute atomic E-state index is 0.0783. The van der Waals surface area contributed by atoms with Gasteiger partial charge in [-0.05, 0) is 41.6 Å². The van der Waals surface area contributed by atoms with Crippen molar-refractivity contribution in [2.24, 2.45) is 0 Å². The van der Waals surface area contributed by atoms with Crippen LogP contribution in [0.5, 0.6) is 0 Å². The van der Waals surface area contributed by atoms with E-state index in [0.29, 0.717) is 23.7 Å². The second-order valence-electron chi connectivity index (χ2n) is 5.22. The summed E-state index contributed by atoms with van der Waals surface area (Å²) in [6.07, 6.45) is 3.00. The number of likely N-dealkylation sites (tertiary alicyclic amines) is 1. The van der Waals surface area contributed by atoms with Gasteiger partial charge in [0, 0.05) is 13.1 Å². The van der Waals surface area contributed by atoms with Crippen molar-refractivity contribution in [1.82, 2.24) is 25.1 Å². The van der Waals surface area contributed by atoms with Crippen LogP contribution in [0.15, 0.2) is 17.8 Å². The SMILES string of the molecule is CC1(O)CCCN(C(=O)c2sccc2-n2cnnn2)C1. The maximum atomic E-state index is 12.6. The summed E-state index contributed by atoms with van der Waals surface area (Å²) in [4.78, 5) is 14.9. The highest BCUT2D eigenvalue weighted by Gasteiger charge is 2.32. The van der Waals surface area contributed by atoms with Crippen LogP contribution in [-0.4, -0.2) is 54.8 Å². The van der Waals surface area contributed by atoms with Crippen molar-refractivity contribution in [2.75, 3.05) is 13.1 Å². The lowest BCUT2D eigenvalue weighted by Crippen LogP contribution is -2.48. The molecule has 106 valence electrons. The lowest BCUT2D eigenvalue weighted by atomic mass is 9.95. The lowest BCUT2D eigenvalue weighted by molar-refractivity contribution is -0.0105. The number of carbonyl (C=O) groups excluding carboxylic acids is 1. The summed E-state index contributed by atoms with van der Waals surface area (Å²) in [6.45, 7) is 2.80. The number of piperidine rings is 1. The van der Waals surface area contributed by atoms with Gasteiger partial charge in [-0.1, -0.05) is 0 Å². The maximum absolute atomic E-state index is 12.6. The van der Waals surface area contributed by atoms with Gasteiger partial charge in [-0.25, -0.2) is 0 Å². The van der Waals surface area contributed by atoms with E-state index in [1.807, 2.05) is 11.4 Å². The molecule has 8 heteroatoms. The lowest BCUT2D eigenvalue weighted by Gasteiger charge is -2.36. The Labute approximate surface area is 119 Å². The topological polar surface area (TPSA) is 84.1 Å². The largest absolute Gasteiger partial charge is 0.388 e. The fourth-order valence-electron chi connectivity index (χ4n) is 2.45. The van der Waals surface area contributed by atoms with Crippen LogP contribution in [0.3, 0.4) is 0 Å². The van der Waals surface area contributed by atoms with Gasteiger partial charge in [0.05, 0.1) is 11.3 Å². The molecule has 1 amide bonds. The van der Waals surface area contributed by atoms with Crippen molar-refractivity contribution in [3.8, 4) is 5.69 Å². The average molecular weight is 293 g/mol. The van der Waals surface area contributed by atoms with Crippen LogP contribution >= 0.6 is 11.3 Å². The first-order chi connectivity index (χ1) is 9.57. The summed E-state index contributed by atoms with van der Waals surface area (Å²) in [6, 6.07) is 1.82. The van der Waals surface area contributed by atoms with Gasteiger partial charge in [-0.15, -0.1) is 16.4 Å². The molecule has 2 aromatic heterocycles. The van der Waals surface area contributed by atoms with Gasteiger partial charge >= 0.3 is 0 Å². The Morgan fingerprint density at radius 1 is 1.55 bits per heavy atom. The Morgan fingerprint density at radius 3 is 3.10 bits per heavy atom. The smallest absolute Gasteiger partial charge is 0.266 e. The van der Waals surface area contributed by atoms with E-state index in [2.05, 4.69) is 15.5 Å². The molecule has 3 rings (SSSR count). The normalized spacial score (nSPS) is 23.0. The van der Waals surface area contributed by atoms with Gasteiger partial charge in [-0.2, -0.15) is 4.68 Å². The molecule has 7 nitrogen and oxygen atoms in total. The van der Waals surface area contributed by atoms with E-state index in [4.69, 9.17) is 0 Å². The molecule has 0 spiro atoms. The number of aromatic nitrogens is 4. The molecular formula is C12H15N5O2S. The molecule has 3 heterocycles. The number of aliphatic hydroxyl groups is 1. The van der Waals surface area contributed by atoms with Crippen LogP contribution in [0.4, 0.5) is 0 Å². The van der Waals surface area contributed by atoms with Crippen LogP contribution in [-0.2, 0) is 0 Å². The number of rotatable bonds is 2. The van der Waals surface area contributed by atoms with Crippen LogP contribution in [0.1, 0.15) is 29.4 Å². The van der Waals surface area contributed by atoms with Crippen molar-refractivity contribution in [2.45, 2.75) is 25.4 Å². The molecule has 20 heavy (non-hydrogen) atoms. The van der Waals surface area contributed by atoms with Crippen LogP contribution in [0.25, 0.3) is 5.69 Å². The van der Waals surface area contributed by atoms with Crippen LogP contribution in [0, 0.1) is 0 Å². The van der Waals surface area contributed by atoms with Crippen molar-refractivity contribution >= 4 is 17.2 Å². The zero-order valence-electron chi connectivity index (χ0n) is 11.1. The highest BCUT2D eigenvalue weighted by Crippen LogP contribution is 2.26. The number of carbonyl (C=O) groups is 1. The molecule has 1 aliphatic heterocycles. The third-order valence-electron chi connectivity index (χ3n) is 3.40. The van der Waals surface area contributed by atoms with Crippen LogP contribution in [0.2, 0.25) is 0 Å². The number of nitrogens with zero attached hydrogens (tertiary/aromatic N) is 5. The summed E-state index contributed by atoms with van der Waals surface area (Å²) >= 11 is 1.36. The third kappa shape index (κ3) is 2.44. The Morgan fingerprint density at radius 2 is 2.40 bits per heavy atom. The monoisotopic (exact) mass is 293 g/mol. The number of amides is 1. The fourth-order valence-corrected chi connectivity index (χ4v) is 3.30. The van der Waals surface area contributed by atoms with E-state index in [9.17, 15) is 9.90 Å². The second-order valence-corrected chi connectivity index (χ2v) is 6.13. The van der Waals surface area contributed by atoms with E-state index in [1.54, 1.807) is 11.8 Å². The van der Waals surface area contributed by atoms with E-state index in [1.165, 1.54) is 22.3 Å². The zero-order chi connectivity index (χ0) is 14.2. The predicted octanol–water partition coefficient (Wildman–Crippen LogP) is 0.711. The Hall–Kier alpha value is -1.80. The molecule has 1 saturated heterocycles. The first kappa shape index (κ1) is 13.2. The van der Waals surface area contributed by atoms with E-state index >= 15 is 0 Å². The summed E-state index contributed by atoms with van der Waals surface area (Å²) in [5.41, 5.74) is -0.129. The Kier molecular flexibility index (Phi) is 3.27. The first-order valence-corrected chi connectivity index (χ1v) is 7.27. The van der Waals surface area contributed by atoms with Crippen molar-refractivity contribution in [3.05, 3.63) is 22.7 Å². The van der Waals surface area contributed by atoms with Gasteiger partial charge in [-0.3, -0.25) is 4.79 Å². The second kappa shape index (κ2) is 4.95. The number of thiophene rings is 1. The molecule has 0 bridgehead atoms. The number of hydrogen-bond acceptors (Lipinski definition) is 6. The molecule has 0 radical (unpaired) electrons. The third-order valence-corrected chi connectivity index (χ3v) is 4.29. The highest BCUT2D eigenvalue weighted by molar-refractivity contribution is 7.12. The summed E-state index contributed by atoms with van der Waals surface area (Å²) in [7, 11) is 0. The molecule has 1 unspecified atom stereocenters. The average Bonchev–Trinajstić information content (AvgIpc) is 3.07. The quantitative estimate of drug-likeness (QED) is 0.881. The predicted molar refractivity (Wildman–Crippen MR) is 72.8 cm³/mol. The number of tetrazole rings is 1. The van der Waals surface area contributed by atoms with Gasteiger partial charge in [0.25, 0.3) is 5.91 Å². The maximum Gasteiger partial charge on any atom is 0.266 e. The molecular weight excluding hydrogens is 278 g/mol. The van der Waals surface area contributed by atoms with Crippen LogP contribution < -0.4 is 0 Å². The minimum Gasteiger partial charge on any atom is -0.388 e.